The van der Waals surface area contributed by atoms with Crippen molar-refractivity contribution < 1.29 is 13.2 Å². The number of hydrogen-bond donors (Lipinski definition) is 0. The van der Waals surface area contributed by atoms with E-state index in [0.29, 0.717) is 30.2 Å². The molecule has 2 aromatic rings. The van der Waals surface area contributed by atoms with Crippen LogP contribution >= 0.6 is 0 Å². The van der Waals surface area contributed by atoms with Gasteiger partial charge in [-0.05, 0) is 24.5 Å². The van der Waals surface area contributed by atoms with Gasteiger partial charge in [-0.25, -0.2) is 17.9 Å². The zero-order chi connectivity index (χ0) is 13.5. The fourth-order valence-electron chi connectivity index (χ4n) is 2.41. The third-order valence-corrected chi connectivity index (χ3v) is 5.22. The molecule has 1 aliphatic heterocycles. The topological polar surface area (TPSA) is 73.6 Å². The van der Waals surface area contributed by atoms with Crippen molar-refractivity contribution in [2.75, 3.05) is 18.6 Å². The Bertz CT molecular complexity index is 708. The lowest BCUT2D eigenvalue weighted by molar-refractivity contribution is 0.411. The van der Waals surface area contributed by atoms with Crippen LogP contribution in [0.1, 0.15) is 12.2 Å². The molecule has 3 heterocycles. The highest BCUT2D eigenvalue weighted by atomic mass is 32.2. The molecule has 1 unspecified atom stereocenters. The summed E-state index contributed by atoms with van der Waals surface area (Å²) in [5.74, 6) is 2.09. The third kappa shape index (κ3) is 2.56. The van der Waals surface area contributed by atoms with Crippen molar-refractivity contribution in [2.24, 2.45) is 5.92 Å². The quantitative estimate of drug-likeness (QED) is 0.828. The van der Waals surface area contributed by atoms with Crippen LogP contribution in [-0.2, 0) is 16.3 Å². The van der Waals surface area contributed by atoms with Crippen molar-refractivity contribution in [3.8, 4) is 5.75 Å². The number of fused-ring (bicyclic) bond motifs is 1. The van der Waals surface area contributed by atoms with Gasteiger partial charge in [0.2, 0.25) is 0 Å². The van der Waals surface area contributed by atoms with E-state index in [9.17, 15) is 8.42 Å². The normalized spacial score (nSPS) is 21.8. The molecule has 0 radical (unpaired) electrons. The molecule has 6 nitrogen and oxygen atoms in total. The van der Waals surface area contributed by atoms with E-state index in [0.717, 1.165) is 5.65 Å². The molecule has 0 N–H and O–H groups in total. The van der Waals surface area contributed by atoms with Gasteiger partial charge < -0.3 is 4.74 Å². The molecule has 19 heavy (non-hydrogen) atoms. The Balaban J connectivity index is 1.82. The molecule has 2 aromatic heterocycles. The van der Waals surface area contributed by atoms with Crippen LogP contribution in [0.2, 0.25) is 0 Å². The van der Waals surface area contributed by atoms with Crippen molar-refractivity contribution in [1.29, 1.82) is 0 Å². The molecule has 0 aromatic carbocycles. The lowest BCUT2D eigenvalue weighted by Crippen LogP contribution is -2.08. The number of rotatable bonds is 3. The Morgan fingerprint density at radius 2 is 2.32 bits per heavy atom. The SMILES string of the molecule is COc1ccc2nc(CC3CCS(=O)(=O)C3)nn2c1. The van der Waals surface area contributed by atoms with Gasteiger partial charge in [0.25, 0.3) is 0 Å². The van der Waals surface area contributed by atoms with Crippen molar-refractivity contribution in [1.82, 2.24) is 14.6 Å². The maximum Gasteiger partial charge on any atom is 0.155 e. The minimum absolute atomic E-state index is 0.143. The lowest BCUT2D eigenvalue weighted by atomic mass is 10.1. The zero-order valence-electron chi connectivity index (χ0n) is 10.6. The average Bonchev–Trinajstić information content (AvgIpc) is 2.91. The summed E-state index contributed by atoms with van der Waals surface area (Å²) in [6.45, 7) is 0. The van der Waals surface area contributed by atoms with Gasteiger partial charge in [0.05, 0.1) is 24.8 Å². The van der Waals surface area contributed by atoms with Crippen LogP contribution in [0.4, 0.5) is 0 Å². The number of sulfone groups is 1. The molecule has 7 heteroatoms. The number of ether oxygens (including phenoxy) is 1. The summed E-state index contributed by atoms with van der Waals surface area (Å²) in [6, 6.07) is 3.66. The van der Waals surface area contributed by atoms with Crippen LogP contribution in [0.25, 0.3) is 5.65 Å². The second kappa shape index (κ2) is 4.48. The fraction of sp³-hybridized carbons (Fsp3) is 0.500. The van der Waals surface area contributed by atoms with E-state index in [4.69, 9.17) is 4.74 Å². The van der Waals surface area contributed by atoms with Crippen LogP contribution in [0.15, 0.2) is 18.3 Å². The zero-order valence-corrected chi connectivity index (χ0v) is 11.4. The smallest absolute Gasteiger partial charge is 0.155 e. The minimum Gasteiger partial charge on any atom is -0.495 e. The van der Waals surface area contributed by atoms with Crippen molar-refractivity contribution in [3.05, 3.63) is 24.2 Å². The van der Waals surface area contributed by atoms with Crippen molar-refractivity contribution in [3.63, 3.8) is 0 Å². The lowest BCUT2D eigenvalue weighted by Gasteiger charge is -2.02. The second-order valence-corrected chi connectivity index (χ2v) is 7.10. The van der Waals surface area contributed by atoms with Crippen molar-refractivity contribution >= 4 is 15.5 Å². The Kier molecular flexibility index (Phi) is 2.93. The van der Waals surface area contributed by atoms with Gasteiger partial charge in [-0.2, -0.15) is 5.10 Å². The van der Waals surface area contributed by atoms with Crippen LogP contribution in [-0.4, -0.2) is 41.6 Å². The van der Waals surface area contributed by atoms with E-state index >= 15 is 0 Å². The van der Waals surface area contributed by atoms with E-state index in [1.165, 1.54) is 0 Å². The van der Waals surface area contributed by atoms with Gasteiger partial charge in [0.1, 0.15) is 5.75 Å². The Hall–Kier alpha value is -1.63. The van der Waals surface area contributed by atoms with Gasteiger partial charge in [-0.3, -0.25) is 0 Å². The van der Waals surface area contributed by atoms with Gasteiger partial charge in [-0.1, -0.05) is 0 Å². The Morgan fingerprint density at radius 3 is 3.00 bits per heavy atom. The van der Waals surface area contributed by atoms with E-state index in [1.807, 2.05) is 12.1 Å². The molecule has 3 rings (SSSR count). The molecule has 102 valence electrons. The van der Waals surface area contributed by atoms with Crippen LogP contribution < -0.4 is 4.74 Å². The summed E-state index contributed by atoms with van der Waals surface area (Å²) < 4.78 is 29.6. The highest BCUT2D eigenvalue weighted by Gasteiger charge is 2.28. The maximum atomic E-state index is 11.4. The summed E-state index contributed by atoms with van der Waals surface area (Å²) in [5.41, 5.74) is 0.747. The standard InChI is InChI=1S/C12H15N3O3S/c1-18-10-2-3-12-13-11(14-15(12)7-10)6-9-4-5-19(16,17)8-9/h2-3,7,9H,4-6,8H2,1H3. The second-order valence-electron chi connectivity index (χ2n) is 4.87. The first-order chi connectivity index (χ1) is 9.05. The van der Waals surface area contributed by atoms with E-state index in [1.54, 1.807) is 17.8 Å². The van der Waals surface area contributed by atoms with Gasteiger partial charge >= 0.3 is 0 Å². The van der Waals surface area contributed by atoms with Crippen LogP contribution in [0.5, 0.6) is 5.75 Å². The molecule has 0 bridgehead atoms. The third-order valence-electron chi connectivity index (χ3n) is 3.38. The summed E-state index contributed by atoms with van der Waals surface area (Å²) >= 11 is 0. The molecule has 0 spiro atoms. The predicted octanol–water partition coefficient (Wildman–Crippen LogP) is 0.715. The van der Waals surface area contributed by atoms with E-state index in [2.05, 4.69) is 10.1 Å². The Morgan fingerprint density at radius 1 is 1.47 bits per heavy atom. The predicted molar refractivity (Wildman–Crippen MR) is 70.0 cm³/mol. The van der Waals surface area contributed by atoms with E-state index < -0.39 is 9.84 Å². The molecule has 1 atom stereocenters. The number of aromatic nitrogens is 3. The highest BCUT2D eigenvalue weighted by molar-refractivity contribution is 7.91. The van der Waals surface area contributed by atoms with Gasteiger partial charge in [0.15, 0.2) is 21.3 Å². The number of hydrogen-bond acceptors (Lipinski definition) is 5. The highest BCUT2D eigenvalue weighted by Crippen LogP contribution is 2.22. The summed E-state index contributed by atoms with van der Waals surface area (Å²) in [7, 11) is -1.24. The van der Waals surface area contributed by atoms with Crippen LogP contribution in [0.3, 0.4) is 0 Å². The molecule has 1 aliphatic rings. The van der Waals surface area contributed by atoms with Crippen LogP contribution in [0, 0.1) is 5.92 Å². The average molecular weight is 281 g/mol. The molecule has 1 fully saturated rings. The van der Waals surface area contributed by atoms with E-state index in [-0.39, 0.29) is 11.7 Å². The minimum atomic E-state index is -2.84. The molecular weight excluding hydrogens is 266 g/mol. The molecule has 0 aliphatic carbocycles. The summed E-state index contributed by atoms with van der Waals surface area (Å²) in [6.07, 6.45) is 3.08. The van der Waals surface area contributed by atoms with Gasteiger partial charge in [0, 0.05) is 6.42 Å². The first kappa shape index (κ1) is 12.4. The first-order valence-electron chi connectivity index (χ1n) is 6.15. The number of pyridine rings is 1. The largest absolute Gasteiger partial charge is 0.495 e. The molecule has 0 amide bonds. The van der Waals surface area contributed by atoms with Crippen molar-refractivity contribution in [2.45, 2.75) is 12.8 Å². The number of nitrogens with zero attached hydrogens (tertiary/aromatic N) is 3. The Labute approximate surface area is 111 Å². The van der Waals surface area contributed by atoms with Gasteiger partial charge in [-0.15, -0.1) is 0 Å². The molecular formula is C12H15N3O3S. The maximum absolute atomic E-state index is 11.4. The molecule has 0 saturated carbocycles. The number of methoxy groups -OCH3 is 1. The summed E-state index contributed by atoms with van der Waals surface area (Å²) in [4.78, 5) is 4.40. The first-order valence-corrected chi connectivity index (χ1v) is 7.97. The molecule has 1 saturated heterocycles. The summed E-state index contributed by atoms with van der Waals surface area (Å²) in [5, 5.41) is 4.36. The fourth-order valence-corrected chi connectivity index (χ4v) is 4.27. The monoisotopic (exact) mass is 281 g/mol.